The second-order valence-corrected chi connectivity index (χ2v) is 10.7. The number of nitrogens with zero attached hydrogens (tertiary/aromatic N) is 5. The maximum Gasteiger partial charge on any atom is 0.253 e. The van der Waals surface area contributed by atoms with Crippen molar-refractivity contribution in [3.05, 3.63) is 87.3 Å². The molecule has 0 atom stereocenters. The van der Waals surface area contributed by atoms with Crippen molar-refractivity contribution in [3.8, 4) is 0 Å². The summed E-state index contributed by atoms with van der Waals surface area (Å²) < 4.78 is 0. The highest BCUT2D eigenvalue weighted by atomic mass is 16.2. The third-order valence-corrected chi connectivity index (χ3v) is 7.88. The van der Waals surface area contributed by atoms with Gasteiger partial charge in [0.15, 0.2) is 0 Å². The van der Waals surface area contributed by atoms with Crippen molar-refractivity contribution in [3.63, 3.8) is 0 Å². The van der Waals surface area contributed by atoms with Gasteiger partial charge >= 0.3 is 0 Å². The van der Waals surface area contributed by atoms with Crippen LogP contribution in [-0.4, -0.2) is 78.0 Å². The van der Waals surface area contributed by atoms with Gasteiger partial charge in [-0.2, -0.15) is 0 Å². The summed E-state index contributed by atoms with van der Waals surface area (Å²) >= 11 is 0. The van der Waals surface area contributed by atoms with Gasteiger partial charge in [-0.25, -0.2) is 4.98 Å². The van der Waals surface area contributed by atoms with Gasteiger partial charge in [0, 0.05) is 76.2 Å². The summed E-state index contributed by atoms with van der Waals surface area (Å²) in [6.07, 6.45) is 3.38. The minimum atomic E-state index is -0.129. The van der Waals surface area contributed by atoms with Gasteiger partial charge in [-0.15, -0.1) is 0 Å². The number of benzene rings is 2. The highest BCUT2D eigenvalue weighted by Gasteiger charge is 2.24. The van der Waals surface area contributed by atoms with Crippen molar-refractivity contribution in [2.75, 3.05) is 62.2 Å². The molecule has 39 heavy (non-hydrogen) atoms. The molecule has 1 N–H and O–H groups in total. The van der Waals surface area contributed by atoms with Crippen molar-refractivity contribution in [1.29, 1.82) is 0 Å². The Hall–Kier alpha value is -3.65. The SMILES string of the molecule is CCCCc1ccc(C(=O)N2CCN(c3nc(CN4CCN(c5ccccc5C)CC4)cc(=O)[nH]3)CC2)cc1. The predicted molar refractivity (Wildman–Crippen MR) is 157 cm³/mol. The number of piperazine rings is 2. The molecule has 2 saturated heterocycles. The first-order chi connectivity index (χ1) is 19.0. The molecular weight excluding hydrogens is 488 g/mol. The fraction of sp³-hybridized carbons (Fsp3) is 0.452. The van der Waals surface area contributed by atoms with Crippen LogP contribution in [0.15, 0.2) is 59.4 Å². The van der Waals surface area contributed by atoms with Crippen molar-refractivity contribution in [2.24, 2.45) is 0 Å². The van der Waals surface area contributed by atoms with E-state index in [1.54, 1.807) is 6.07 Å². The van der Waals surface area contributed by atoms with E-state index in [9.17, 15) is 9.59 Å². The molecule has 0 aliphatic carbocycles. The van der Waals surface area contributed by atoms with Crippen LogP contribution in [-0.2, 0) is 13.0 Å². The van der Waals surface area contributed by atoms with Gasteiger partial charge in [-0.05, 0) is 49.1 Å². The predicted octanol–water partition coefficient (Wildman–Crippen LogP) is 3.71. The van der Waals surface area contributed by atoms with Crippen molar-refractivity contribution in [1.82, 2.24) is 19.8 Å². The molecule has 1 amide bonds. The van der Waals surface area contributed by atoms with Crippen LogP contribution >= 0.6 is 0 Å². The Kier molecular flexibility index (Phi) is 8.61. The molecule has 3 aromatic rings. The molecule has 2 aliphatic rings. The molecule has 8 heteroatoms. The summed E-state index contributed by atoms with van der Waals surface area (Å²) in [7, 11) is 0. The van der Waals surface area contributed by atoms with Crippen molar-refractivity contribution >= 4 is 17.5 Å². The fourth-order valence-corrected chi connectivity index (χ4v) is 5.52. The monoisotopic (exact) mass is 528 g/mol. The normalized spacial score (nSPS) is 16.5. The summed E-state index contributed by atoms with van der Waals surface area (Å²) in [4.78, 5) is 42.1. The Morgan fingerprint density at radius 2 is 1.59 bits per heavy atom. The Balaban J connectivity index is 1.15. The summed E-state index contributed by atoms with van der Waals surface area (Å²) in [5.41, 5.74) is 5.28. The molecule has 206 valence electrons. The number of hydrogen-bond acceptors (Lipinski definition) is 6. The number of carbonyl (C=O) groups excluding carboxylic acids is 1. The zero-order valence-corrected chi connectivity index (χ0v) is 23.2. The molecule has 2 fully saturated rings. The molecule has 1 aromatic heterocycles. The molecule has 0 spiro atoms. The number of aryl methyl sites for hydroxylation is 2. The maximum atomic E-state index is 13.1. The van der Waals surface area contributed by atoms with E-state index in [-0.39, 0.29) is 11.5 Å². The Bertz CT molecular complexity index is 1310. The Labute approximate surface area is 231 Å². The lowest BCUT2D eigenvalue weighted by Gasteiger charge is -2.37. The van der Waals surface area contributed by atoms with Crippen LogP contribution in [0.2, 0.25) is 0 Å². The average Bonchev–Trinajstić information content (AvgIpc) is 2.96. The van der Waals surface area contributed by atoms with Crippen LogP contribution in [0.3, 0.4) is 0 Å². The molecule has 0 unspecified atom stereocenters. The number of nitrogens with one attached hydrogen (secondary N) is 1. The maximum absolute atomic E-state index is 13.1. The zero-order valence-electron chi connectivity index (χ0n) is 23.2. The number of carbonyl (C=O) groups is 1. The third-order valence-electron chi connectivity index (χ3n) is 7.88. The van der Waals surface area contributed by atoms with E-state index < -0.39 is 0 Å². The molecular formula is C31H40N6O2. The number of aromatic nitrogens is 2. The van der Waals surface area contributed by atoms with E-state index in [1.165, 1.54) is 23.2 Å². The molecule has 8 nitrogen and oxygen atoms in total. The Morgan fingerprint density at radius 1 is 0.897 bits per heavy atom. The average molecular weight is 529 g/mol. The van der Waals surface area contributed by atoms with Crippen LogP contribution < -0.4 is 15.4 Å². The van der Waals surface area contributed by atoms with Crippen LogP contribution in [0.5, 0.6) is 0 Å². The highest BCUT2D eigenvalue weighted by molar-refractivity contribution is 5.94. The number of para-hydroxylation sites is 1. The number of unbranched alkanes of at least 4 members (excludes halogenated alkanes) is 1. The Morgan fingerprint density at radius 3 is 2.28 bits per heavy atom. The topological polar surface area (TPSA) is 75.8 Å². The van der Waals surface area contributed by atoms with Gasteiger partial charge in [-0.3, -0.25) is 19.5 Å². The fourth-order valence-electron chi connectivity index (χ4n) is 5.52. The molecule has 2 aromatic carbocycles. The molecule has 0 bridgehead atoms. The van der Waals surface area contributed by atoms with Crippen LogP contribution in [0.25, 0.3) is 0 Å². The van der Waals surface area contributed by atoms with E-state index >= 15 is 0 Å². The van der Waals surface area contributed by atoms with Crippen LogP contribution in [0.4, 0.5) is 11.6 Å². The summed E-state index contributed by atoms with van der Waals surface area (Å²) in [5.74, 6) is 0.667. The van der Waals surface area contributed by atoms with Gasteiger partial charge in [0.25, 0.3) is 11.5 Å². The van der Waals surface area contributed by atoms with Gasteiger partial charge in [0.2, 0.25) is 5.95 Å². The smallest absolute Gasteiger partial charge is 0.253 e. The third kappa shape index (κ3) is 6.68. The quantitative estimate of drug-likeness (QED) is 0.481. The van der Waals surface area contributed by atoms with Gasteiger partial charge in [0.1, 0.15) is 0 Å². The van der Waals surface area contributed by atoms with Crippen LogP contribution in [0.1, 0.15) is 46.9 Å². The second kappa shape index (κ2) is 12.5. The summed E-state index contributed by atoms with van der Waals surface area (Å²) in [6, 6.07) is 18.2. The van der Waals surface area contributed by atoms with Crippen molar-refractivity contribution in [2.45, 2.75) is 39.7 Å². The number of hydrogen-bond donors (Lipinski definition) is 1. The largest absolute Gasteiger partial charge is 0.369 e. The first-order valence-corrected chi connectivity index (χ1v) is 14.3. The summed E-state index contributed by atoms with van der Waals surface area (Å²) in [6.45, 7) is 11.3. The molecule has 3 heterocycles. The lowest BCUT2D eigenvalue weighted by molar-refractivity contribution is 0.0746. The highest BCUT2D eigenvalue weighted by Crippen LogP contribution is 2.21. The van der Waals surface area contributed by atoms with E-state index in [1.807, 2.05) is 17.0 Å². The minimum absolute atomic E-state index is 0.0664. The molecule has 0 radical (unpaired) electrons. The lowest BCUT2D eigenvalue weighted by Crippen LogP contribution is -2.49. The molecule has 2 aliphatic heterocycles. The zero-order chi connectivity index (χ0) is 27.2. The minimum Gasteiger partial charge on any atom is -0.369 e. The van der Waals surface area contributed by atoms with E-state index in [0.29, 0.717) is 38.7 Å². The van der Waals surface area contributed by atoms with Gasteiger partial charge in [-0.1, -0.05) is 43.7 Å². The first-order valence-electron chi connectivity index (χ1n) is 14.3. The lowest BCUT2D eigenvalue weighted by atomic mass is 10.1. The van der Waals surface area contributed by atoms with Crippen molar-refractivity contribution < 1.29 is 4.79 Å². The van der Waals surface area contributed by atoms with E-state index in [0.717, 1.165) is 50.3 Å². The number of amides is 1. The number of aromatic amines is 1. The van der Waals surface area contributed by atoms with Gasteiger partial charge in [0.05, 0.1) is 5.69 Å². The molecule has 0 saturated carbocycles. The van der Waals surface area contributed by atoms with E-state index in [4.69, 9.17) is 4.98 Å². The van der Waals surface area contributed by atoms with E-state index in [2.05, 4.69) is 69.9 Å². The summed E-state index contributed by atoms with van der Waals surface area (Å²) in [5, 5.41) is 0. The first kappa shape index (κ1) is 26.9. The standard InChI is InChI=1S/C31H40N6O2/c1-3-4-8-25-10-12-26(13-11-25)30(39)36-18-20-37(21-19-36)31-32-27(22-29(38)33-31)23-34-14-16-35(17-15-34)28-9-6-5-7-24(28)2/h5-7,9-13,22H,3-4,8,14-21,23H2,1-2H3,(H,32,33,38). The van der Waals surface area contributed by atoms with Gasteiger partial charge < -0.3 is 14.7 Å². The number of H-pyrrole nitrogens is 1. The number of anilines is 2. The molecule has 5 rings (SSSR count). The van der Waals surface area contributed by atoms with Crippen LogP contribution in [0, 0.1) is 6.92 Å². The number of rotatable bonds is 8. The second-order valence-electron chi connectivity index (χ2n) is 10.7.